The summed E-state index contributed by atoms with van der Waals surface area (Å²) in [5, 5.41) is 3.14. The monoisotopic (exact) mass is 433 g/mol. The van der Waals surface area contributed by atoms with Gasteiger partial charge in [-0.25, -0.2) is 4.98 Å². The van der Waals surface area contributed by atoms with Crippen molar-refractivity contribution in [3.63, 3.8) is 0 Å². The van der Waals surface area contributed by atoms with E-state index in [1.165, 1.54) is 29.1 Å². The third-order valence-corrected chi connectivity index (χ3v) is 4.72. The van der Waals surface area contributed by atoms with Crippen molar-refractivity contribution in [3.8, 4) is 5.75 Å². The highest BCUT2D eigenvalue weighted by Crippen LogP contribution is 2.35. The molecule has 3 rings (SSSR count). The first-order valence-electron chi connectivity index (χ1n) is 9.70. The van der Waals surface area contributed by atoms with E-state index in [-0.39, 0.29) is 36.8 Å². The van der Waals surface area contributed by atoms with E-state index < -0.39 is 17.8 Å². The molecule has 1 amide bonds. The van der Waals surface area contributed by atoms with Gasteiger partial charge in [0, 0.05) is 13.0 Å². The first kappa shape index (κ1) is 22.3. The normalized spacial score (nSPS) is 12.5. The molecule has 1 atom stereocenters. The lowest BCUT2D eigenvalue weighted by atomic mass is 10.1. The van der Waals surface area contributed by atoms with Gasteiger partial charge in [0.05, 0.1) is 28.8 Å². The highest BCUT2D eigenvalue weighted by Gasteiger charge is 2.34. The van der Waals surface area contributed by atoms with Gasteiger partial charge in [-0.3, -0.25) is 14.2 Å². The summed E-state index contributed by atoms with van der Waals surface area (Å²) in [6.07, 6.45) is -3.10. The van der Waals surface area contributed by atoms with Crippen molar-refractivity contribution in [1.29, 1.82) is 0 Å². The fourth-order valence-corrected chi connectivity index (χ4v) is 3.15. The van der Waals surface area contributed by atoms with Crippen LogP contribution in [0.25, 0.3) is 10.9 Å². The van der Waals surface area contributed by atoms with Crippen LogP contribution in [-0.4, -0.2) is 28.1 Å². The summed E-state index contributed by atoms with van der Waals surface area (Å²) in [5.74, 6) is -0.642. The average molecular weight is 433 g/mol. The second kappa shape index (κ2) is 9.20. The number of aromatic nitrogens is 2. The minimum atomic E-state index is -4.53. The number of amides is 1. The summed E-state index contributed by atoms with van der Waals surface area (Å²) in [6.45, 7) is 3.49. The van der Waals surface area contributed by atoms with Gasteiger partial charge in [0.1, 0.15) is 12.4 Å². The van der Waals surface area contributed by atoms with Gasteiger partial charge in [0.15, 0.2) is 0 Å². The number of hydrogen-bond acceptors (Lipinski definition) is 4. The number of hydrogen-bond donors (Lipinski definition) is 1. The molecule has 0 radical (unpaired) electrons. The predicted octanol–water partition coefficient (Wildman–Crippen LogP) is 3.70. The topological polar surface area (TPSA) is 73.2 Å². The fraction of sp³-hybridized carbons (Fsp3) is 0.318. The molecule has 2 aromatic carbocycles. The first-order chi connectivity index (χ1) is 14.7. The lowest BCUT2D eigenvalue weighted by Gasteiger charge is -2.18. The quantitative estimate of drug-likeness (QED) is 0.617. The molecule has 0 aliphatic carbocycles. The minimum absolute atomic E-state index is 0.0163. The molecule has 1 unspecified atom stereocenters. The second-order valence-electron chi connectivity index (χ2n) is 7.24. The molecule has 0 aliphatic heterocycles. The lowest BCUT2D eigenvalue weighted by molar-refractivity contribution is -0.139. The van der Waals surface area contributed by atoms with Gasteiger partial charge in [-0.1, -0.05) is 24.3 Å². The van der Waals surface area contributed by atoms with Gasteiger partial charge in [0.25, 0.3) is 5.56 Å². The summed E-state index contributed by atoms with van der Waals surface area (Å²) in [7, 11) is 0. The van der Waals surface area contributed by atoms with Crippen LogP contribution in [0.1, 0.15) is 24.5 Å². The van der Waals surface area contributed by atoms with Crippen molar-refractivity contribution in [2.24, 2.45) is 0 Å². The van der Waals surface area contributed by atoms with Gasteiger partial charge in [-0.15, -0.1) is 0 Å². The molecule has 0 spiro atoms. The number of fused-ring (bicyclic) bond motifs is 1. The zero-order valence-corrected chi connectivity index (χ0v) is 17.1. The van der Waals surface area contributed by atoms with Crippen molar-refractivity contribution < 1.29 is 22.7 Å². The van der Waals surface area contributed by atoms with Crippen LogP contribution in [0.3, 0.4) is 0 Å². The van der Waals surface area contributed by atoms with Gasteiger partial charge in [-0.2, -0.15) is 13.2 Å². The molecule has 0 saturated heterocycles. The maximum Gasteiger partial charge on any atom is 0.419 e. The molecule has 31 heavy (non-hydrogen) atoms. The molecule has 1 aromatic heterocycles. The van der Waals surface area contributed by atoms with E-state index in [0.717, 1.165) is 11.6 Å². The number of para-hydroxylation sites is 2. The Hall–Kier alpha value is -3.36. The predicted molar refractivity (Wildman–Crippen MR) is 110 cm³/mol. The minimum Gasteiger partial charge on any atom is -0.491 e. The fourth-order valence-electron chi connectivity index (χ4n) is 3.15. The summed E-state index contributed by atoms with van der Waals surface area (Å²) in [4.78, 5) is 29.1. The van der Waals surface area contributed by atoms with E-state index in [2.05, 4.69) is 10.3 Å². The number of aryl methyl sites for hydroxylation is 2. The maximum atomic E-state index is 13.0. The molecule has 3 aromatic rings. The Bertz CT molecular complexity index is 1140. The summed E-state index contributed by atoms with van der Waals surface area (Å²) in [5.41, 5.74) is 0.409. The summed E-state index contributed by atoms with van der Waals surface area (Å²) in [6, 6.07) is 9.71. The van der Waals surface area contributed by atoms with Crippen molar-refractivity contribution in [2.45, 2.75) is 39.0 Å². The Balaban J connectivity index is 1.55. The van der Waals surface area contributed by atoms with Crippen LogP contribution in [0.4, 0.5) is 13.2 Å². The number of nitrogens with one attached hydrogen (secondary N) is 1. The van der Waals surface area contributed by atoms with Crippen LogP contribution in [0.15, 0.2) is 53.6 Å². The number of carbonyl (C=O) groups is 1. The van der Waals surface area contributed by atoms with Crippen molar-refractivity contribution in [3.05, 3.63) is 70.3 Å². The molecule has 1 N–H and O–H groups in total. The van der Waals surface area contributed by atoms with E-state index in [4.69, 9.17) is 4.74 Å². The number of halogens is 3. The van der Waals surface area contributed by atoms with Crippen LogP contribution < -0.4 is 15.6 Å². The van der Waals surface area contributed by atoms with Gasteiger partial charge in [-0.05, 0) is 37.6 Å². The van der Waals surface area contributed by atoms with E-state index in [0.29, 0.717) is 10.9 Å². The highest BCUT2D eigenvalue weighted by atomic mass is 19.4. The van der Waals surface area contributed by atoms with E-state index in [1.54, 1.807) is 19.1 Å². The smallest absolute Gasteiger partial charge is 0.419 e. The van der Waals surface area contributed by atoms with Crippen molar-refractivity contribution in [2.75, 3.05) is 6.61 Å². The number of alkyl halides is 3. The second-order valence-corrected chi connectivity index (χ2v) is 7.24. The van der Waals surface area contributed by atoms with Gasteiger partial charge in [0.2, 0.25) is 5.91 Å². The van der Waals surface area contributed by atoms with Crippen molar-refractivity contribution in [1.82, 2.24) is 14.9 Å². The number of benzene rings is 2. The van der Waals surface area contributed by atoms with Crippen LogP contribution in [0.2, 0.25) is 0 Å². The number of ether oxygens (including phenoxy) is 1. The average Bonchev–Trinajstić information content (AvgIpc) is 2.72. The Morgan fingerprint density at radius 1 is 1.19 bits per heavy atom. The molecule has 0 aliphatic rings. The molecular formula is C22H22F3N3O3. The highest BCUT2D eigenvalue weighted by molar-refractivity contribution is 5.80. The van der Waals surface area contributed by atoms with Crippen LogP contribution in [0, 0.1) is 6.92 Å². The zero-order chi connectivity index (χ0) is 22.6. The molecular weight excluding hydrogens is 411 g/mol. The first-order valence-corrected chi connectivity index (χ1v) is 9.70. The van der Waals surface area contributed by atoms with E-state index >= 15 is 0 Å². The lowest BCUT2D eigenvalue weighted by Crippen LogP contribution is -2.37. The SMILES string of the molecule is Cc1cccc2c(=O)n(CCC(=O)NC(C)COc3ccccc3C(F)(F)F)cnc12. The summed E-state index contributed by atoms with van der Waals surface area (Å²) >= 11 is 0. The molecule has 0 bridgehead atoms. The molecule has 0 saturated carbocycles. The Kier molecular flexibility index (Phi) is 6.62. The standard InChI is InChI=1S/C22H22F3N3O3/c1-14-6-5-7-16-20(14)26-13-28(21(16)30)11-10-19(29)27-15(2)12-31-18-9-4-3-8-17(18)22(23,24)25/h3-9,13,15H,10-12H2,1-2H3,(H,27,29). The van der Waals surface area contributed by atoms with E-state index in [1.807, 2.05) is 13.0 Å². The third-order valence-electron chi connectivity index (χ3n) is 4.72. The Labute approximate surface area is 176 Å². The largest absolute Gasteiger partial charge is 0.491 e. The van der Waals surface area contributed by atoms with Crippen molar-refractivity contribution >= 4 is 16.8 Å². The van der Waals surface area contributed by atoms with Crippen LogP contribution in [0.5, 0.6) is 5.75 Å². The van der Waals surface area contributed by atoms with Gasteiger partial charge < -0.3 is 10.1 Å². The number of carbonyl (C=O) groups excluding carboxylic acids is 1. The Morgan fingerprint density at radius 3 is 2.68 bits per heavy atom. The summed E-state index contributed by atoms with van der Waals surface area (Å²) < 4.78 is 45.7. The maximum absolute atomic E-state index is 13.0. The zero-order valence-electron chi connectivity index (χ0n) is 17.1. The number of rotatable bonds is 7. The molecule has 6 nitrogen and oxygen atoms in total. The van der Waals surface area contributed by atoms with Gasteiger partial charge >= 0.3 is 6.18 Å². The molecule has 1 heterocycles. The third kappa shape index (κ3) is 5.42. The van der Waals surface area contributed by atoms with Crippen LogP contribution in [-0.2, 0) is 17.5 Å². The van der Waals surface area contributed by atoms with Crippen LogP contribution >= 0.6 is 0 Å². The van der Waals surface area contributed by atoms with E-state index in [9.17, 15) is 22.8 Å². The molecule has 0 fully saturated rings. The molecule has 9 heteroatoms. The number of nitrogens with zero attached hydrogens (tertiary/aromatic N) is 2. The molecule has 164 valence electrons. The Morgan fingerprint density at radius 2 is 1.94 bits per heavy atom.